The molecule has 0 bridgehead atoms. The summed E-state index contributed by atoms with van der Waals surface area (Å²) in [4.78, 5) is 8.40. The molecule has 28 heavy (non-hydrogen) atoms. The van der Waals surface area contributed by atoms with Gasteiger partial charge in [0.25, 0.3) is 10.0 Å². The summed E-state index contributed by atoms with van der Waals surface area (Å²) >= 11 is 0. The SMILES string of the molecule is COc1ccc(C=Nc2ccc(S(=O)(=O)Nc3cccnc3)cc2)c(OC)c1. The predicted molar refractivity (Wildman–Crippen MR) is 108 cm³/mol. The topological polar surface area (TPSA) is 89.9 Å². The summed E-state index contributed by atoms with van der Waals surface area (Å²) < 4.78 is 37.8. The number of sulfonamides is 1. The first-order valence-corrected chi connectivity index (χ1v) is 9.79. The van der Waals surface area contributed by atoms with Crippen molar-refractivity contribution in [1.82, 2.24) is 4.98 Å². The first-order valence-electron chi connectivity index (χ1n) is 8.31. The summed E-state index contributed by atoms with van der Waals surface area (Å²) in [6.07, 6.45) is 4.66. The fraction of sp³-hybridized carbons (Fsp3) is 0.100. The summed E-state index contributed by atoms with van der Waals surface area (Å²) in [5.41, 5.74) is 1.78. The van der Waals surface area contributed by atoms with Crippen LogP contribution in [-0.4, -0.2) is 33.8 Å². The van der Waals surface area contributed by atoms with Crippen LogP contribution in [-0.2, 0) is 10.0 Å². The number of anilines is 1. The van der Waals surface area contributed by atoms with E-state index in [0.717, 1.165) is 5.56 Å². The van der Waals surface area contributed by atoms with Gasteiger partial charge in [0.1, 0.15) is 11.5 Å². The average Bonchev–Trinajstić information content (AvgIpc) is 2.73. The van der Waals surface area contributed by atoms with Crippen molar-refractivity contribution < 1.29 is 17.9 Å². The second kappa shape index (κ2) is 8.53. The first-order chi connectivity index (χ1) is 13.5. The van der Waals surface area contributed by atoms with Gasteiger partial charge < -0.3 is 9.47 Å². The van der Waals surface area contributed by atoms with E-state index in [1.165, 1.54) is 18.3 Å². The lowest BCUT2D eigenvalue weighted by molar-refractivity contribution is 0.394. The van der Waals surface area contributed by atoms with E-state index in [4.69, 9.17) is 9.47 Å². The Balaban J connectivity index is 1.77. The van der Waals surface area contributed by atoms with Crippen LogP contribution in [0.4, 0.5) is 11.4 Å². The lowest BCUT2D eigenvalue weighted by atomic mass is 10.2. The molecule has 7 nitrogen and oxygen atoms in total. The molecule has 144 valence electrons. The minimum atomic E-state index is -3.69. The lowest BCUT2D eigenvalue weighted by Crippen LogP contribution is -2.12. The molecule has 0 atom stereocenters. The Labute approximate surface area is 163 Å². The van der Waals surface area contributed by atoms with Crippen LogP contribution in [0, 0.1) is 0 Å². The molecule has 1 heterocycles. The number of rotatable bonds is 7. The fourth-order valence-corrected chi connectivity index (χ4v) is 3.46. The van der Waals surface area contributed by atoms with Gasteiger partial charge in [-0.25, -0.2) is 8.42 Å². The van der Waals surface area contributed by atoms with Gasteiger partial charge in [-0.2, -0.15) is 0 Å². The van der Waals surface area contributed by atoms with E-state index >= 15 is 0 Å². The quantitative estimate of drug-likeness (QED) is 0.615. The molecule has 3 aromatic rings. The maximum atomic E-state index is 12.4. The zero-order valence-electron chi connectivity index (χ0n) is 15.4. The Morgan fingerprint density at radius 1 is 1.04 bits per heavy atom. The first kappa shape index (κ1) is 19.4. The van der Waals surface area contributed by atoms with Crippen molar-refractivity contribution in [3.05, 3.63) is 72.6 Å². The minimum Gasteiger partial charge on any atom is -0.497 e. The Morgan fingerprint density at radius 3 is 2.46 bits per heavy atom. The molecule has 1 N–H and O–H groups in total. The third-order valence-electron chi connectivity index (χ3n) is 3.85. The summed E-state index contributed by atoms with van der Waals surface area (Å²) in [5, 5.41) is 0. The largest absolute Gasteiger partial charge is 0.497 e. The van der Waals surface area contributed by atoms with Crippen molar-refractivity contribution >= 4 is 27.6 Å². The second-order valence-electron chi connectivity index (χ2n) is 5.71. The molecule has 3 rings (SSSR count). The zero-order chi connectivity index (χ0) is 20.0. The van der Waals surface area contributed by atoms with Gasteiger partial charge in [0.05, 0.1) is 36.7 Å². The van der Waals surface area contributed by atoms with E-state index in [1.54, 1.807) is 57.0 Å². The number of aliphatic imine (C=N–C) groups is 1. The zero-order valence-corrected chi connectivity index (χ0v) is 16.2. The molecule has 8 heteroatoms. The van der Waals surface area contributed by atoms with Crippen molar-refractivity contribution in [3.8, 4) is 11.5 Å². The number of methoxy groups -OCH3 is 2. The molecule has 0 aliphatic heterocycles. The third-order valence-corrected chi connectivity index (χ3v) is 5.25. The highest BCUT2D eigenvalue weighted by Gasteiger charge is 2.13. The van der Waals surface area contributed by atoms with Gasteiger partial charge in [0, 0.05) is 24.0 Å². The van der Waals surface area contributed by atoms with Gasteiger partial charge in [-0.05, 0) is 48.5 Å². The smallest absolute Gasteiger partial charge is 0.261 e. The standard InChI is InChI=1S/C20H19N3O4S/c1-26-18-8-5-15(20(12-18)27-2)13-22-16-6-9-19(10-7-16)28(24,25)23-17-4-3-11-21-14-17/h3-14,23H,1-2H3. The second-order valence-corrected chi connectivity index (χ2v) is 7.39. The Hall–Kier alpha value is -3.39. The number of hydrogen-bond donors (Lipinski definition) is 1. The van der Waals surface area contributed by atoms with Crippen molar-refractivity contribution in [2.75, 3.05) is 18.9 Å². The number of nitrogens with zero attached hydrogens (tertiary/aromatic N) is 2. The Kier molecular flexibility index (Phi) is 5.90. The monoisotopic (exact) mass is 397 g/mol. The summed E-state index contributed by atoms with van der Waals surface area (Å²) in [5.74, 6) is 1.31. The molecule has 2 aromatic carbocycles. The van der Waals surface area contributed by atoms with E-state index in [0.29, 0.717) is 22.9 Å². The van der Waals surface area contributed by atoms with Crippen LogP contribution < -0.4 is 14.2 Å². The highest BCUT2D eigenvalue weighted by atomic mass is 32.2. The average molecular weight is 397 g/mol. The number of hydrogen-bond acceptors (Lipinski definition) is 6. The van der Waals surface area contributed by atoms with Crippen molar-refractivity contribution in [2.45, 2.75) is 4.90 Å². The lowest BCUT2D eigenvalue weighted by Gasteiger charge is -2.08. The molecule has 0 saturated carbocycles. The Bertz CT molecular complexity index is 1070. The molecular weight excluding hydrogens is 378 g/mol. The van der Waals surface area contributed by atoms with E-state index in [1.807, 2.05) is 12.1 Å². The number of aromatic nitrogens is 1. The van der Waals surface area contributed by atoms with Crippen molar-refractivity contribution in [1.29, 1.82) is 0 Å². The molecule has 0 spiro atoms. The van der Waals surface area contributed by atoms with Crippen molar-refractivity contribution in [2.24, 2.45) is 4.99 Å². The molecule has 0 unspecified atom stereocenters. The minimum absolute atomic E-state index is 0.136. The van der Waals surface area contributed by atoms with Gasteiger partial charge in [-0.15, -0.1) is 0 Å². The highest BCUT2D eigenvalue weighted by molar-refractivity contribution is 7.92. The van der Waals surface area contributed by atoms with Crippen LogP contribution in [0.3, 0.4) is 0 Å². The Morgan fingerprint density at radius 2 is 1.82 bits per heavy atom. The number of benzene rings is 2. The van der Waals surface area contributed by atoms with E-state index < -0.39 is 10.0 Å². The van der Waals surface area contributed by atoms with E-state index in [9.17, 15) is 8.42 Å². The van der Waals surface area contributed by atoms with E-state index in [2.05, 4.69) is 14.7 Å². The molecular formula is C20H19N3O4S. The maximum absolute atomic E-state index is 12.4. The summed E-state index contributed by atoms with van der Waals surface area (Å²) in [7, 11) is -0.536. The molecule has 0 aliphatic rings. The highest BCUT2D eigenvalue weighted by Crippen LogP contribution is 2.24. The summed E-state index contributed by atoms with van der Waals surface area (Å²) in [6.45, 7) is 0. The number of nitrogens with one attached hydrogen (secondary N) is 1. The van der Waals surface area contributed by atoms with Gasteiger partial charge in [-0.3, -0.25) is 14.7 Å². The molecule has 0 fully saturated rings. The van der Waals surface area contributed by atoms with Gasteiger partial charge in [0.2, 0.25) is 0 Å². The fourth-order valence-electron chi connectivity index (χ4n) is 2.42. The third kappa shape index (κ3) is 4.66. The normalized spacial score (nSPS) is 11.4. The van der Waals surface area contributed by atoms with Crippen LogP contribution in [0.5, 0.6) is 11.5 Å². The van der Waals surface area contributed by atoms with Crippen LogP contribution >= 0.6 is 0 Å². The van der Waals surface area contributed by atoms with Gasteiger partial charge >= 0.3 is 0 Å². The molecule has 0 saturated heterocycles. The van der Waals surface area contributed by atoms with Gasteiger partial charge in [-0.1, -0.05) is 0 Å². The van der Waals surface area contributed by atoms with Crippen LogP contribution in [0.15, 0.2) is 76.9 Å². The molecule has 1 aromatic heterocycles. The predicted octanol–water partition coefficient (Wildman–Crippen LogP) is 3.65. The summed E-state index contributed by atoms with van der Waals surface area (Å²) in [6, 6.07) is 14.9. The van der Waals surface area contributed by atoms with Crippen molar-refractivity contribution in [3.63, 3.8) is 0 Å². The van der Waals surface area contributed by atoms with Gasteiger partial charge in [0.15, 0.2) is 0 Å². The number of ether oxygens (including phenoxy) is 2. The maximum Gasteiger partial charge on any atom is 0.261 e. The van der Waals surface area contributed by atoms with E-state index in [-0.39, 0.29) is 4.90 Å². The number of pyridine rings is 1. The molecule has 0 amide bonds. The molecule has 0 aliphatic carbocycles. The van der Waals surface area contributed by atoms with Crippen LogP contribution in [0.2, 0.25) is 0 Å². The van der Waals surface area contributed by atoms with Crippen LogP contribution in [0.25, 0.3) is 0 Å². The molecule has 0 radical (unpaired) electrons. The van der Waals surface area contributed by atoms with Crippen LogP contribution in [0.1, 0.15) is 5.56 Å².